The van der Waals surface area contributed by atoms with Gasteiger partial charge in [-0.1, -0.05) is 0 Å². The molecule has 0 unspecified atom stereocenters. The molecule has 2 fully saturated rings. The molecular formula is C19H21F3N2O3S. The Balaban J connectivity index is 1.47. The van der Waals surface area contributed by atoms with Crippen LogP contribution in [0.3, 0.4) is 0 Å². The van der Waals surface area contributed by atoms with Gasteiger partial charge in [-0.15, -0.1) is 0 Å². The standard InChI is InChI=1S/C19H21F3N2O3S/c20-14-5-12(27-9-11-7-19(21,22)8-11)6-15-17(14)18(25)24-16(23-15)10-28-13-1-3-26-4-2-13/h5-6,11,13H,1-4,7-10H2,(H,23,24,25). The van der Waals surface area contributed by atoms with Crippen LogP contribution >= 0.6 is 11.8 Å². The molecule has 0 amide bonds. The number of hydrogen-bond donors (Lipinski definition) is 1. The second-order valence-electron chi connectivity index (χ2n) is 7.38. The van der Waals surface area contributed by atoms with Crippen molar-refractivity contribution >= 4 is 22.7 Å². The number of alkyl halides is 2. The maximum absolute atomic E-state index is 14.4. The smallest absolute Gasteiger partial charge is 0.261 e. The van der Waals surface area contributed by atoms with Gasteiger partial charge in [-0.2, -0.15) is 11.8 Å². The highest BCUT2D eigenvalue weighted by Gasteiger charge is 2.45. The molecule has 1 saturated carbocycles. The van der Waals surface area contributed by atoms with Crippen molar-refractivity contribution in [2.75, 3.05) is 19.8 Å². The Morgan fingerprint density at radius 3 is 2.75 bits per heavy atom. The largest absolute Gasteiger partial charge is 0.493 e. The first kappa shape index (κ1) is 19.6. The van der Waals surface area contributed by atoms with Gasteiger partial charge in [0.25, 0.3) is 5.56 Å². The van der Waals surface area contributed by atoms with Gasteiger partial charge in [0, 0.05) is 49.4 Å². The summed E-state index contributed by atoms with van der Waals surface area (Å²) in [6.45, 7) is 1.56. The van der Waals surface area contributed by atoms with Gasteiger partial charge in [-0.3, -0.25) is 4.79 Å². The van der Waals surface area contributed by atoms with Crippen molar-refractivity contribution in [3.8, 4) is 5.75 Å². The van der Waals surface area contributed by atoms with E-state index >= 15 is 0 Å². The van der Waals surface area contributed by atoms with E-state index in [4.69, 9.17) is 9.47 Å². The second-order valence-corrected chi connectivity index (χ2v) is 8.66. The second kappa shape index (κ2) is 7.94. The van der Waals surface area contributed by atoms with Gasteiger partial charge in [-0.05, 0) is 12.8 Å². The van der Waals surface area contributed by atoms with Gasteiger partial charge in [0.15, 0.2) is 0 Å². The summed E-state index contributed by atoms with van der Waals surface area (Å²) >= 11 is 1.69. The fourth-order valence-electron chi connectivity index (χ4n) is 3.56. The molecule has 1 aliphatic heterocycles. The van der Waals surface area contributed by atoms with Crippen LogP contribution in [0.2, 0.25) is 0 Å². The first-order chi connectivity index (χ1) is 13.4. The van der Waals surface area contributed by atoms with Crippen molar-refractivity contribution in [2.24, 2.45) is 5.92 Å². The fraction of sp³-hybridized carbons (Fsp3) is 0.579. The molecule has 28 heavy (non-hydrogen) atoms. The molecule has 1 aromatic carbocycles. The average Bonchev–Trinajstić information content (AvgIpc) is 2.63. The highest BCUT2D eigenvalue weighted by atomic mass is 32.2. The minimum Gasteiger partial charge on any atom is -0.493 e. The van der Waals surface area contributed by atoms with Crippen molar-refractivity contribution in [3.63, 3.8) is 0 Å². The molecule has 1 N–H and O–H groups in total. The summed E-state index contributed by atoms with van der Waals surface area (Å²) in [7, 11) is 0. The van der Waals surface area contributed by atoms with Crippen LogP contribution in [0.25, 0.3) is 10.9 Å². The van der Waals surface area contributed by atoms with E-state index in [9.17, 15) is 18.0 Å². The molecule has 1 aromatic heterocycles. The van der Waals surface area contributed by atoms with E-state index in [1.165, 1.54) is 6.07 Å². The third-order valence-corrected chi connectivity index (χ3v) is 6.45. The lowest BCUT2D eigenvalue weighted by Crippen LogP contribution is -2.38. The lowest BCUT2D eigenvalue weighted by molar-refractivity contribution is -0.119. The Hall–Kier alpha value is -1.74. The molecule has 2 aromatic rings. The molecule has 4 rings (SSSR count). The van der Waals surface area contributed by atoms with Gasteiger partial charge in [0.2, 0.25) is 5.92 Å². The Morgan fingerprint density at radius 2 is 2.04 bits per heavy atom. The lowest BCUT2D eigenvalue weighted by atomic mass is 9.82. The van der Waals surface area contributed by atoms with E-state index in [1.807, 2.05) is 0 Å². The molecule has 0 atom stereocenters. The number of fused-ring (bicyclic) bond motifs is 1. The minimum atomic E-state index is -2.62. The number of benzene rings is 1. The number of rotatable bonds is 6. The number of hydrogen-bond acceptors (Lipinski definition) is 5. The summed E-state index contributed by atoms with van der Waals surface area (Å²) in [5, 5.41) is 0.323. The van der Waals surface area contributed by atoms with Crippen molar-refractivity contribution in [3.05, 3.63) is 34.1 Å². The van der Waals surface area contributed by atoms with Gasteiger partial charge < -0.3 is 14.5 Å². The maximum Gasteiger partial charge on any atom is 0.261 e. The summed E-state index contributed by atoms with van der Waals surface area (Å²) in [4.78, 5) is 19.3. The van der Waals surface area contributed by atoms with Crippen LogP contribution in [-0.4, -0.2) is 41.0 Å². The zero-order valence-corrected chi connectivity index (χ0v) is 16.0. The molecule has 5 nitrogen and oxygen atoms in total. The van der Waals surface area contributed by atoms with E-state index in [2.05, 4.69) is 9.97 Å². The van der Waals surface area contributed by atoms with Crippen LogP contribution < -0.4 is 10.3 Å². The van der Waals surface area contributed by atoms with Crippen molar-refractivity contribution in [1.29, 1.82) is 0 Å². The Labute approximate surface area is 164 Å². The number of nitrogens with one attached hydrogen (secondary N) is 1. The topological polar surface area (TPSA) is 64.2 Å². The monoisotopic (exact) mass is 414 g/mol. The van der Waals surface area contributed by atoms with E-state index in [-0.39, 0.29) is 42.0 Å². The molecule has 0 spiro atoms. The summed E-state index contributed by atoms with van der Waals surface area (Å²) in [5.74, 6) is -2.41. The Bertz CT molecular complexity index is 907. The molecule has 2 aliphatic rings. The molecule has 0 bridgehead atoms. The number of aromatic amines is 1. The van der Waals surface area contributed by atoms with Crippen LogP contribution in [0.1, 0.15) is 31.5 Å². The third-order valence-electron chi connectivity index (χ3n) is 5.07. The fourth-order valence-corrected chi connectivity index (χ4v) is 4.61. The molecule has 2 heterocycles. The normalized spacial score (nSPS) is 20.2. The van der Waals surface area contributed by atoms with Crippen molar-refractivity contribution in [1.82, 2.24) is 9.97 Å². The molecule has 152 valence electrons. The molecule has 0 radical (unpaired) electrons. The average molecular weight is 414 g/mol. The zero-order chi connectivity index (χ0) is 19.7. The Kier molecular flexibility index (Phi) is 5.55. The number of halogens is 3. The number of nitrogens with zero attached hydrogens (tertiary/aromatic N) is 1. The van der Waals surface area contributed by atoms with Crippen LogP contribution in [0.4, 0.5) is 13.2 Å². The summed E-state index contributed by atoms with van der Waals surface area (Å²) in [5.41, 5.74) is -0.324. The van der Waals surface area contributed by atoms with Gasteiger partial charge in [-0.25, -0.2) is 18.2 Å². The van der Waals surface area contributed by atoms with E-state index in [1.54, 1.807) is 11.8 Å². The zero-order valence-electron chi connectivity index (χ0n) is 15.2. The Morgan fingerprint density at radius 1 is 1.29 bits per heavy atom. The van der Waals surface area contributed by atoms with Crippen LogP contribution in [-0.2, 0) is 10.5 Å². The summed E-state index contributed by atoms with van der Waals surface area (Å²) in [6.07, 6.45) is 1.48. The quantitative estimate of drug-likeness (QED) is 0.777. The lowest BCUT2D eigenvalue weighted by Gasteiger charge is -2.34. The number of aromatic nitrogens is 2. The van der Waals surface area contributed by atoms with E-state index < -0.39 is 17.3 Å². The maximum atomic E-state index is 14.4. The number of ether oxygens (including phenoxy) is 2. The summed E-state index contributed by atoms with van der Waals surface area (Å²) < 4.78 is 51.0. The predicted molar refractivity (Wildman–Crippen MR) is 101 cm³/mol. The van der Waals surface area contributed by atoms with Gasteiger partial charge in [0.1, 0.15) is 22.8 Å². The van der Waals surface area contributed by atoms with Gasteiger partial charge in [0.05, 0.1) is 17.9 Å². The van der Waals surface area contributed by atoms with Crippen molar-refractivity contribution in [2.45, 2.75) is 42.6 Å². The minimum absolute atomic E-state index is 0.0934. The summed E-state index contributed by atoms with van der Waals surface area (Å²) in [6, 6.07) is 2.60. The molecular weight excluding hydrogens is 393 g/mol. The van der Waals surface area contributed by atoms with E-state index in [0.29, 0.717) is 16.8 Å². The highest BCUT2D eigenvalue weighted by molar-refractivity contribution is 7.99. The predicted octanol–water partition coefficient (Wildman–Crippen LogP) is 3.90. The molecule has 1 saturated heterocycles. The van der Waals surface area contributed by atoms with E-state index in [0.717, 1.165) is 32.1 Å². The molecule has 9 heteroatoms. The van der Waals surface area contributed by atoms with Gasteiger partial charge >= 0.3 is 0 Å². The van der Waals surface area contributed by atoms with Crippen LogP contribution in [0.15, 0.2) is 16.9 Å². The number of H-pyrrole nitrogens is 1. The molecule has 1 aliphatic carbocycles. The van der Waals surface area contributed by atoms with Crippen LogP contribution in [0, 0.1) is 11.7 Å². The van der Waals surface area contributed by atoms with Crippen LogP contribution in [0.5, 0.6) is 5.75 Å². The number of thioether (sulfide) groups is 1. The SMILES string of the molecule is O=c1[nH]c(CSC2CCOCC2)nc2cc(OCC3CC(F)(F)C3)cc(F)c12. The third kappa shape index (κ3) is 4.46. The first-order valence-corrected chi connectivity index (χ1v) is 10.4. The van der Waals surface area contributed by atoms with Crippen molar-refractivity contribution < 1.29 is 22.6 Å². The highest BCUT2D eigenvalue weighted by Crippen LogP contribution is 2.42. The first-order valence-electron chi connectivity index (χ1n) is 9.32.